The highest BCUT2D eigenvalue weighted by Gasteiger charge is 2.16. The quantitative estimate of drug-likeness (QED) is 0.821. The molecule has 0 aliphatic heterocycles. The van der Waals surface area contributed by atoms with E-state index in [0.29, 0.717) is 17.8 Å². The molecule has 1 aromatic rings. The van der Waals surface area contributed by atoms with Crippen LogP contribution in [0.3, 0.4) is 0 Å². The molecule has 1 atom stereocenters. The fraction of sp³-hybridized carbons (Fsp3) is 0.615. The van der Waals surface area contributed by atoms with Gasteiger partial charge in [0.15, 0.2) is 0 Å². The van der Waals surface area contributed by atoms with Gasteiger partial charge in [0.05, 0.1) is 0 Å². The molecule has 0 saturated carbocycles. The molecule has 0 amide bonds. The van der Waals surface area contributed by atoms with Gasteiger partial charge >= 0.3 is 0 Å². The first-order valence-electron chi connectivity index (χ1n) is 5.68. The molecule has 0 fully saturated rings. The molecule has 1 aromatic heterocycles. The zero-order valence-electron chi connectivity index (χ0n) is 10.4. The molecule has 2 nitrogen and oxygen atoms in total. The lowest BCUT2D eigenvalue weighted by molar-refractivity contribution is 0.534. The van der Waals surface area contributed by atoms with E-state index in [9.17, 15) is 0 Å². The summed E-state index contributed by atoms with van der Waals surface area (Å²) in [6.45, 7) is 10.9. The molecule has 1 unspecified atom stereocenters. The van der Waals surface area contributed by atoms with E-state index in [1.807, 2.05) is 12.4 Å². The Morgan fingerprint density at radius 1 is 1.00 bits per heavy atom. The molecule has 2 N–H and O–H groups in total. The number of nitrogens with two attached hydrogens (primary N) is 1. The minimum absolute atomic E-state index is 0.441. The van der Waals surface area contributed by atoms with Gasteiger partial charge in [-0.05, 0) is 28.9 Å². The molecule has 0 aliphatic carbocycles. The molecule has 1 heterocycles. The van der Waals surface area contributed by atoms with Crippen molar-refractivity contribution in [3.63, 3.8) is 0 Å². The fourth-order valence-electron chi connectivity index (χ4n) is 1.69. The van der Waals surface area contributed by atoms with Crippen molar-refractivity contribution in [1.29, 1.82) is 0 Å². The number of aromatic nitrogens is 1. The van der Waals surface area contributed by atoms with Gasteiger partial charge < -0.3 is 5.73 Å². The Hall–Kier alpha value is -1.05. The van der Waals surface area contributed by atoms with Gasteiger partial charge in [-0.25, -0.2) is 0 Å². The first-order valence-corrected chi connectivity index (χ1v) is 5.68. The summed E-state index contributed by atoms with van der Waals surface area (Å²) < 4.78 is 0. The topological polar surface area (TPSA) is 38.9 Å². The van der Waals surface area contributed by atoms with Crippen LogP contribution in [0.15, 0.2) is 12.4 Å². The minimum Gasteiger partial charge on any atom is -0.398 e. The van der Waals surface area contributed by atoms with Gasteiger partial charge in [-0.2, -0.15) is 0 Å². The molecule has 0 radical (unpaired) electrons. The fourth-order valence-corrected chi connectivity index (χ4v) is 1.69. The standard InChI is InChI=1S/C13H22N2/c1-8(2)10(5)12-7-15-6-11(9(3)4)13(12)14/h6-10H,1-5H3,(H2,14,15). The van der Waals surface area contributed by atoms with Crippen LogP contribution in [0, 0.1) is 5.92 Å². The van der Waals surface area contributed by atoms with Crippen LogP contribution in [0.5, 0.6) is 0 Å². The van der Waals surface area contributed by atoms with E-state index < -0.39 is 0 Å². The van der Waals surface area contributed by atoms with Crippen molar-refractivity contribution in [3.05, 3.63) is 23.5 Å². The number of pyridine rings is 1. The van der Waals surface area contributed by atoms with Gasteiger partial charge in [0.25, 0.3) is 0 Å². The maximum absolute atomic E-state index is 6.18. The molecule has 0 aromatic carbocycles. The normalized spacial score (nSPS) is 13.5. The summed E-state index contributed by atoms with van der Waals surface area (Å²) in [5, 5.41) is 0. The second-order valence-electron chi connectivity index (χ2n) is 4.92. The third-order valence-corrected chi connectivity index (χ3v) is 3.16. The summed E-state index contributed by atoms with van der Waals surface area (Å²) in [6, 6.07) is 0. The maximum Gasteiger partial charge on any atom is 0.0415 e. The van der Waals surface area contributed by atoms with E-state index >= 15 is 0 Å². The number of nitrogens with zero attached hydrogens (tertiary/aromatic N) is 1. The van der Waals surface area contributed by atoms with Crippen molar-refractivity contribution >= 4 is 5.69 Å². The van der Waals surface area contributed by atoms with Crippen molar-refractivity contribution in [2.45, 2.75) is 46.5 Å². The van der Waals surface area contributed by atoms with Crippen LogP contribution < -0.4 is 5.73 Å². The van der Waals surface area contributed by atoms with Crippen LogP contribution in [0.2, 0.25) is 0 Å². The van der Waals surface area contributed by atoms with Gasteiger partial charge in [-0.1, -0.05) is 34.6 Å². The smallest absolute Gasteiger partial charge is 0.0415 e. The molecule has 0 saturated heterocycles. The lowest BCUT2D eigenvalue weighted by Gasteiger charge is -2.20. The highest BCUT2D eigenvalue weighted by atomic mass is 14.7. The summed E-state index contributed by atoms with van der Waals surface area (Å²) >= 11 is 0. The first kappa shape index (κ1) is 12.0. The van der Waals surface area contributed by atoms with Crippen LogP contribution in [0.1, 0.15) is 57.6 Å². The maximum atomic E-state index is 6.18. The molecule has 0 spiro atoms. The minimum atomic E-state index is 0.441. The average molecular weight is 206 g/mol. The van der Waals surface area contributed by atoms with Crippen molar-refractivity contribution in [2.24, 2.45) is 5.92 Å². The number of nitrogen functional groups attached to an aromatic ring is 1. The van der Waals surface area contributed by atoms with Gasteiger partial charge in [0, 0.05) is 18.1 Å². The molecule has 2 heteroatoms. The Labute approximate surface area is 92.9 Å². The highest BCUT2D eigenvalue weighted by molar-refractivity contribution is 5.54. The van der Waals surface area contributed by atoms with E-state index in [4.69, 9.17) is 5.73 Å². The summed E-state index contributed by atoms with van der Waals surface area (Å²) in [5.41, 5.74) is 9.47. The van der Waals surface area contributed by atoms with Crippen LogP contribution in [-0.4, -0.2) is 4.98 Å². The average Bonchev–Trinajstić information content (AvgIpc) is 2.16. The highest BCUT2D eigenvalue weighted by Crippen LogP contribution is 2.32. The van der Waals surface area contributed by atoms with Crippen molar-refractivity contribution in [3.8, 4) is 0 Å². The first-order chi connectivity index (χ1) is 6.95. The Balaban J connectivity index is 3.15. The lowest BCUT2D eigenvalue weighted by atomic mass is 9.88. The van der Waals surface area contributed by atoms with Crippen molar-refractivity contribution in [2.75, 3.05) is 5.73 Å². The Bertz CT molecular complexity index is 329. The second kappa shape index (κ2) is 4.65. The van der Waals surface area contributed by atoms with Gasteiger partial charge in [0.2, 0.25) is 0 Å². The van der Waals surface area contributed by atoms with Crippen LogP contribution in [-0.2, 0) is 0 Å². The summed E-state index contributed by atoms with van der Waals surface area (Å²) in [5.74, 6) is 1.50. The SMILES string of the molecule is CC(C)c1cncc(C(C)C(C)C)c1N. The Morgan fingerprint density at radius 3 is 2.00 bits per heavy atom. The van der Waals surface area contributed by atoms with E-state index in [1.54, 1.807) is 0 Å². The Morgan fingerprint density at radius 2 is 1.53 bits per heavy atom. The molecular formula is C13H22N2. The predicted molar refractivity (Wildman–Crippen MR) is 66.0 cm³/mol. The van der Waals surface area contributed by atoms with E-state index in [2.05, 4.69) is 39.6 Å². The second-order valence-corrected chi connectivity index (χ2v) is 4.92. The molecular weight excluding hydrogens is 184 g/mol. The van der Waals surface area contributed by atoms with Crippen LogP contribution in [0.25, 0.3) is 0 Å². The molecule has 84 valence electrons. The number of anilines is 1. The van der Waals surface area contributed by atoms with Crippen molar-refractivity contribution in [1.82, 2.24) is 4.98 Å². The molecule has 1 rings (SSSR count). The third-order valence-electron chi connectivity index (χ3n) is 3.16. The van der Waals surface area contributed by atoms with Crippen LogP contribution >= 0.6 is 0 Å². The zero-order valence-corrected chi connectivity index (χ0v) is 10.4. The van der Waals surface area contributed by atoms with Gasteiger partial charge in [-0.15, -0.1) is 0 Å². The summed E-state index contributed by atoms with van der Waals surface area (Å²) in [7, 11) is 0. The molecule has 0 aliphatic rings. The van der Waals surface area contributed by atoms with Gasteiger partial charge in [0.1, 0.15) is 0 Å². The Kier molecular flexibility index (Phi) is 3.72. The number of rotatable bonds is 3. The molecule has 0 bridgehead atoms. The number of hydrogen-bond donors (Lipinski definition) is 1. The van der Waals surface area contributed by atoms with E-state index in [0.717, 1.165) is 5.69 Å². The number of hydrogen-bond acceptors (Lipinski definition) is 2. The summed E-state index contributed by atoms with van der Waals surface area (Å²) in [6.07, 6.45) is 3.79. The zero-order chi connectivity index (χ0) is 11.6. The van der Waals surface area contributed by atoms with Crippen molar-refractivity contribution < 1.29 is 0 Å². The summed E-state index contributed by atoms with van der Waals surface area (Å²) in [4.78, 5) is 4.29. The third kappa shape index (κ3) is 2.49. The van der Waals surface area contributed by atoms with E-state index in [1.165, 1.54) is 11.1 Å². The molecule has 15 heavy (non-hydrogen) atoms. The van der Waals surface area contributed by atoms with Crippen LogP contribution in [0.4, 0.5) is 5.69 Å². The van der Waals surface area contributed by atoms with E-state index in [-0.39, 0.29) is 0 Å². The predicted octanol–water partition coefficient (Wildman–Crippen LogP) is 3.55. The monoisotopic (exact) mass is 206 g/mol. The lowest BCUT2D eigenvalue weighted by Crippen LogP contribution is -2.09. The van der Waals surface area contributed by atoms with Gasteiger partial charge in [-0.3, -0.25) is 4.98 Å². The largest absolute Gasteiger partial charge is 0.398 e.